The molecule has 2 aromatic heterocycles. The maximum Gasteiger partial charge on any atom is 0.341 e. The Bertz CT molecular complexity index is 3500. The van der Waals surface area contributed by atoms with Crippen LogP contribution in [0.25, 0.3) is 22.5 Å². The number of aromatic nitrogens is 6. The number of rotatable bonds is 19. The third-order valence-corrected chi connectivity index (χ3v) is 19.5. The Morgan fingerprint density at radius 2 is 1.07 bits per heavy atom. The smallest absolute Gasteiger partial charge is 0.341 e. The normalized spacial score (nSPS) is 27.6. The van der Waals surface area contributed by atoms with Crippen LogP contribution >= 0.6 is 23.5 Å². The molecule has 6 aromatic rings. The van der Waals surface area contributed by atoms with Crippen LogP contribution in [0.4, 0.5) is 35.1 Å². The van der Waals surface area contributed by atoms with Crippen LogP contribution in [-0.2, 0) is 38.0 Å². The number of methoxy groups -OCH3 is 4. The van der Waals surface area contributed by atoms with Crippen LogP contribution in [0.1, 0.15) is 60.0 Å². The minimum absolute atomic E-state index is 0.0134. The first-order valence-electron chi connectivity index (χ1n) is 29.1. The molecule has 6 N–H and O–H groups in total. The van der Waals surface area contributed by atoms with E-state index in [1.807, 2.05) is 78.5 Å². The number of carbonyl (C=O) groups excluding carboxylic acids is 2. The van der Waals surface area contributed by atoms with E-state index >= 15 is 0 Å². The van der Waals surface area contributed by atoms with Crippen molar-refractivity contribution in [2.24, 2.45) is 23.5 Å². The zero-order chi connectivity index (χ0) is 68.4. The summed E-state index contributed by atoms with van der Waals surface area (Å²) in [7, 11) is 4.50. The number of esters is 1. The molecular weight excluding hydrogens is 1300 g/mol. The predicted octanol–water partition coefficient (Wildman–Crippen LogP) is 7.00. The van der Waals surface area contributed by atoms with Gasteiger partial charge >= 0.3 is 11.9 Å². The molecule has 0 radical (unpaired) electrons. The van der Waals surface area contributed by atoms with Gasteiger partial charge in [0.05, 0.1) is 101 Å². The van der Waals surface area contributed by atoms with E-state index in [4.69, 9.17) is 44.0 Å². The van der Waals surface area contributed by atoms with Crippen LogP contribution in [0.5, 0.6) is 11.5 Å². The van der Waals surface area contributed by atoms with E-state index in [0.29, 0.717) is 18.9 Å². The predicted molar refractivity (Wildman–Crippen MR) is 319 cm³/mol. The lowest BCUT2D eigenvalue weighted by molar-refractivity contribution is -0.189. The quantitative estimate of drug-likeness (QED) is 0.0236. The largest absolute Gasteiger partial charge is 0.491 e. The van der Waals surface area contributed by atoms with E-state index < -0.39 is 141 Å². The third-order valence-electron chi connectivity index (χ3n) is 16.5. The van der Waals surface area contributed by atoms with Crippen molar-refractivity contribution in [3.63, 3.8) is 0 Å². The number of carboxylic acid groups (broad SMARTS) is 1. The highest BCUT2D eigenvalue weighted by atomic mass is 32.2. The SMILES string of the molecule is COC1C(SC2COCC(n3cc(-c4ccccc4)nn3)C2C)OC(COC(C)=O)C(C)C1N.COc1c(F)c(F)c(C(=O)CC2C(O)C(CO)OC(SC3COCC(n4cc(-c5ccccc5)nn4)C3O)C2OC)c(F)c1F.COc1c(F)c(F)c(C(=O)O)c(F)c1F. The van der Waals surface area contributed by atoms with Crippen LogP contribution in [0.2, 0.25) is 0 Å². The minimum atomic E-state index is -2.11. The summed E-state index contributed by atoms with van der Waals surface area (Å²) in [4.78, 5) is 34.7. The summed E-state index contributed by atoms with van der Waals surface area (Å²) >= 11 is 2.72. The number of nitrogens with two attached hydrogens (primary N) is 1. The molecule has 33 heteroatoms. The molecule has 0 bridgehead atoms. The zero-order valence-corrected chi connectivity index (χ0v) is 53.0. The molecule has 16 unspecified atom stereocenters. The van der Waals surface area contributed by atoms with Crippen LogP contribution in [-0.4, -0.2) is 200 Å². The Morgan fingerprint density at radius 3 is 1.55 bits per heavy atom. The molecule has 23 nitrogen and oxygen atoms in total. The molecule has 0 amide bonds. The fourth-order valence-electron chi connectivity index (χ4n) is 11.1. The van der Waals surface area contributed by atoms with Crippen LogP contribution in [0.3, 0.4) is 0 Å². The number of nitrogens with zero attached hydrogens (tertiary/aromatic N) is 6. The van der Waals surface area contributed by atoms with Crippen molar-refractivity contribution in [2.45, 2.75) is 103 Å². The topological polar surface area (TPSA) is 303 Å². The van der Waals surface area contributed by atoms with Crippen molar-refractivity contribution in [3.05, 3.63) is 131 Å². The summed E-state index contributed by atoms with van der Waals surface area (Å²) in [6, 6.07) is 18.5. The lowest BCUT2D eigenvalue weighted by atomic mass is 9.84. The molecule has 0 spiro atoms. The Kier molecular flexibility index (Phi) is 25.4. The molecule has 512 valence electrons. The zero-order valence-electron chi connectivity index (χ0n) is 51.4. The van der Waals surface area contributed by atoms with Gasteiger partial charge in [-0.2, -0.15) is 17.6 Å². The van der Waals surface area contributed by atoms with Crippen molar-refractivity contribution in [3.8, 4) is 34.0 Å². The van der Waals surface area contributed by atoms with Crippen molar-refractivity contribution >= 4 is 41.2 Å². The molecule has 16 atom stereocenters. The number of carboxylic acids is 1. The molecule has 94 heavy (non-hydrogen) atoms. The van der Waals surface area contributed by atoms with Crippen molar-refractivity contribution in [1.82, 2.24) is 30.0 Å². The molecule has 4 fully saturated rings. The van der Waals surface area contributed by atoms with Gasteiger partial charge in [-0.05, 0) is 5.92 Å². The van der Waals surface area contributed by atoms with Gasteiger partial charge in [-0.15, -0.1) is 33.7 Å². The van der Waals surface area contributed by atoms with Crippen molar-refractivity contribution < 1.29 is 113 Å². The maximum atomic E-state index is 14.7. The molecule has 4 saturated heterocycles. The Hall–Kier alpha value is -6.89. The van der Waals surface area contributed by atoms with E-state index in [1.165, 1.54) is 18.7 Å². The molecule has 4 aromatic carbocycles. The number of Topliss-reactive ketones (excluding diaryl/α,β-unsaturated/α-hetero) is 1. The Morgan fingerprint density at radius 1 is 0.617 bits per heavy atom. The fraction of sp³-hybridized carbons (Fsp3) is 0.492. The second kappa shape index (κ2) is 32.7. The van der Waals surface area contributed by atoms with Gasteiger partial charge in [-0.25, -0.2) is 31.7 Å². The Labute approximate surface area is 541 Å². The minimum Gasteiger partial charge on any atom is -0.491 e. The molecule has 6 heterocycles. The van der Waals surface area contributed by atoms with Gasteiger partial charge < -0.3 is 68.8 Å². The highest BCUT2D eigenvalue weighted by Crippen LogP contribution is 2.44. The maximum absolute atomic E-state index is 14.7. The molecule has 0 aliphatic carbocycles. The molecule has 0 saturated carbocycles. The van der Waals surface area contributed by atoms with Gasteiger partial charge in [-0.1, -0.05) is 84.9 Å². The summed E-state index contributed by atoms with van der Waals surface area (Å²) in [5, 5.41) is 57.1. The van der Waals surface area contributed by atoms with E-state index in [2.05, 4.69) is 37.0 Å². The van der Waals surface area contributed by atoms with E-state index in [0.717, 1.165) is 42.8 Å². The van der Waals surface area contributed by atoms with Gasteiger partial charge in [-0.3, -0.25) is 9.59 Å². The number of carbonyl (C=O) groups is 3. The van der Waals surface area contributed by atoms with Gasteiger partial charge in [0, 0.05) is 61.8 Å². The first-order valence-corrected chi connectivity index (χ1v) is 31.0. The first kappa shape index (κ1) is 72.9. The number of ketones is 1. The number of hydrogen-bond acceptors (Lipinski definition) is 22. The highest BCUT2D eigenvalue weighted by molar-refractivity contribution is 8.00. The highest BCUT2D eigenvalue weighted by Gasteiger charge is 2.50. The van der Waals surface area contributed by atoms with Crippen molar-refractivity contribution in [2.75, 3.05) is 68.1 Å². The second-order valence-corrected chi connectivity index (χ2v) is 24.8. The second-order valence-electron chi connectivity index (χ2n) is 22.1. The van der Waals surface area contributed by atoms with Crippen LogP contribution < -0.4 is 15.2 Å². The lowest BCUT2D eigenvalue weighted by Crippen LogP contribution is -2.59. The molecule has 4 aliphatic rings. The van der Waals surface area contributed by atoms with Gasteiger partial charge in [0.1, 0.15) is 52.7 Å². The van der Waals surface area contributed by atoms with E-state index in [-0.39, 0.29) is 72.6 Å². The van der Waals surface area contributed by atoms with Crippen LogP contribution in [0, 0.1) is 64.3 Å². The van der Waals surface area contributed by atoms with Crippen molar-refractivity contribution in [1.29, 1.82) is 0 Å². The standard InChI is InChI=1S/C29H31F4N3O8S.C24H34N4O5S.C8H4F4O3/c1-41-27-14(8-17(38)20-21(30)23(32)28(42-2)24(33)22(20)31)25(39)18(10-37)44-29(27)45-19-12-43-11-16(26(19)40)36-9-15(34-35-36)13-6-4-3-5-7-13;1-14-19(28-10-18(26-27-28)17-8-6-5-7-9-17)11-31-13-21(14)34-24-23(30-4)22(25)15(2)20(33-24)12-32-16(3)29;1-15-7-5(11)3(9)2(8(13)14)4(10)6(7)12/h3-7,9,14,16,18-19,25-27,29,37,39-40H,8,10-12H2,1-2H3;5-10,14-15,19-24H,11-13,25H2,1-4H3;1H3,(H,13,14). The lowest BCUT2D eigenvalue weighted by Gasteiger charge is -2.45. The van der Waals surface area contributed by atoms with Crippen LogP contribution in [0.15, 0.2) is 73.1 Å². The number of aliphatic hydroxyl groups excluding tert-OH is 3. The number of aliphatic hydroxyl groups is 3. The summed E-state index contributed by atoms with van der Waals surface area (Å²) in [6.07, 6.45) is -2.78. The molecule has 4 aliphatic heterocycles. The number of halogens is 8. The average molecular weight is 1370 g/mol. The molecule has 10 rings (SSSR count). The summed E-state index contributed by atoms with van der Waals surface area (Å²) in [5.41, 5.74) is 5.30. The fourth-order valence-corrected chi connectivity index (χ4v) is 14.3. The number of ether oxygens (including phenoxy) is 9. The number of aromatic carboxylic acids is 1. The monoisotopic (exact) mass is 1370 g/mol. The van der Waals surface area contributed by atoms with Gasteiger partial charge in [0.2, 0.25) is 23.3 Å². The third kappa shape index (κ3) is 16.0. The molecular formula is C61H69F8N7O16S2. The van der Waals surface area contributed by atoms with Gasteiger partial charge in [0.15, 0.2) is 40.6 Å². The number of hydrogen-bond donors (Lipinski definition) is 5. The number of benzene rings is 4. The Balaban J connectivity index is 0.000000203. The summed E-state index contributed by atoms with van der Waals surface area (Å²) in [6.45, 7) is 6.43. The summed E-state index contributed by atoms with van der Waals surface area (Å²) < 4.78 is 162. The van der Waals surface area contributed by atoms with E-state index in [1.54, 1.807) is 25.1 Å². The summed E-state index contributed by atoms with van der Waals surface area (Å²) in [5.74, 6) is -22.9. The number of thioether (sulfide) groups is 2. The van der Waals surface area contributed by atoms with E-state index in [9.17, 15) is 64.8 Å². The first-order chi connectivity index (χ1) is 44.9. The average Bonchev–Trinajstić information content (AvgIpc) is 1.24. The van der Waals surface area contributed by atoms with Gasteiger partial charge in [0.25, 0.3) is 0 Å².